The summed E-state index contributed by atoms with van der Waals surface area (Å²) in [6.45, 7) is 2.68. The Labute approximate surface area is 109 Å². The third-order valence-electron chi connectivity index (χ3n) is 3.33. The topological polar surface area (TPSA) is 47.7 Å². The molecule has 1 saturated heterocycles. The molecule has 1 aliphatic rings. The number of nitrogens with zero attached hydrogens (tertiary/aromatic N) is 1. The number of benzene rings is 1. The lowest BCUT2D eigenvalue weighted by atomic mass is 10.1. The summed E-state index contributed by atoms with van der Waals surface area (Å²) in [6, 6.07) is 5.79. The zero-order valence-electron chi connectivity index (χ0n) is 11.2. The Hall–Kier alpha value is -1.26. The van der Waals surface area contributed by atoms with Crippen molar-refractivity contribution >= 4 is 5.69 Å². The lowest BCUT2D eigenvalue weighted by molar-refractivity contribution is 0.0793. The molecule has 4 nitrogen and oxygen atoms in total. The first kappa shape index (κ1) is 13.2. The number of likely N-dealkylation sites (N-methyl/N-ethyl adjacent to an activating group) is 1. The molecule has 18 heavy (non-hydrogen) atoms. The molecule has 0 aliphatic carbocycles. The number of nitrogen functional groups attached to an aromatic ring is 1. The van der Waals surface area contributed by atoms with Crippen molar-refractivity contribution in [2.45, 2.75) is 25.5 Å². The van der Waals surface area contributed by atoms with Crippen LogP contribution in [0.15, 0.2) is 18.2 Å². The van der Waals surface area contributed by atoms with E-state index in [1.54, 1.807) is 7.11 Å². The van der Waals surface area contributed by atoms with Gasteiger partial charge in [0.15, 0.2) is 0 Å². The summed E-state index contributed by atoms with van der Waals surface area (Å²) in [6.07, 6.45) is 2.72. The molecule has 1 unspecified atom stereocenters. The van der Waals surface area contributed by atoms with Crippen LogP contribution in [0.3, 0.4) is 0 Å². The van der Waals surface area contributed by atoms with Crippen molar-refractivity contribution in [3.8, 4) is 5.75 Å². The number of hydrogen-bond donors (Lipinski definition) is 1. The quantitative estimate of drug-likeness (QED) is 0.811. The Morgan fingerprint density at radius 2 is 2.33 bits per heavy atom. The van der Waals surface area contributed by atoms with Gasteiger partial charge in [0.1, 0.15) is 5.75 Å². The smallest absolute Gasteiger partial charge is 0.119 e. The van der Waals surface area contributed by atoms with E-state index < -0.39 is 0 Å². The van der Waals surface area contributed by atoms with E-state index in [1.807, 2.05) is 18.2 Å². The van der Waals surface area contributed by atoms with Gasteiger partial charge < -0.3 is 15.2 Å². The van der Waals surface area contributed by atoms with Gasteiger partial charge in [0.05, 0.1) is 13.2 Å². The molecule has 0 radical (unpaired) electrons. The Balaban J connectivity index is 1.94. The molecule has 1 atom stereocenters. The van der Waals surface area contributed by atoms with Crippen LogP contribution in [0.4, 0.5) is 5.69 Å². The largest absolute Gasteiger partial charge is 0.497 e. The highest BCUT2D eigenvalue weighted by atomic mass is 16.5. The summed E-state index contributed by atoms with van der Waals surface area (Å²) in [5.74, 6) is 0.852. The first-order valence-electron chi connectivity index (χ1n) is 6.41. The first-order chi connectivity index (χ1) is 8.69. The van der Waals surface area contributed by atoms with E-state index in [4.69, 9.17) is 15.2 Å². The first-order valence-corrected chi connectivity index (χ1v) is 6.41. The molecule has 0 bridgehead atoms. The molecule has 0 amide bonds. The van der Waals surface area contributed by atoms with Gasteiger partial charge in [-0.05, 0) is 43.7 Å². The van der Waals surface area contributed by atoms with Crippen molar-refractivity contribution in [2.24, 2.45) is 0 Å². The predicted molar refractivity (Wildman–Crippen MR) is 72.7 cm³/mol. The zero-order chi connectivity index (χ0) is 13.0. The minimum absolute atomic E-state index is 0.377. The van der Waals surface area contributed by atoms with Gasteiger partial charge in [-0.2, -0.15) is 0 Å². The molecule has 0 aromatic heterocycles. The van der Waals surface area contributed by atoms with E-state index in [0.29, 0.717) is 6.10 Å². The lowest BCUT2D eigenvalue weighted by Crippen LogP contribution is -2.28. The summed E-state index contributed by atoms with van der Waals surface area (Å²) >= 11 is 0. The molecule has 1 heterocycles. The van der Waals surface area contributed by atoms with Crippen LogP contribution in [-0.2, 0) is 11.3 Å². The van der Waals surface area contributed by atoms with E-state index in [9.17, 15) is 0 Å². The van der Waals surface area contributed by atoms with Crippen molar-refractivity contribution in [1.29, 1.82) is 0 Å². The number of hydrogen-bond acceptors (Lipinski definition) is 4. The fourth-order valence-corrected chi connectivity index (χ4v) is 2.34. The molecule has 0 saturated carbocycles. The lowest BCUT2D eigenvalue weighted by Gasteiger charge is -2.21. The Bertz CT molecular complexity index is 389. The van der Waals surface area contributed by atoms with Gasteiger partial charge >= 0.3 is 0 Å². The van der Waals surface area contributed by atoms with Crippen LogP contribution in [-0.4, -0.2) is 38.3 Å². The summed E-state index contributed by atoms with van der Waals surface area (Å²) in [4.78, 5) is 2.25. The number of rotatable bonds is 5. The SMILES string of the molecule is COc1ccc(N)c(CN(C)CC2CCCO2)c1. The standard InChI is InChI=1S/C14H22N2O2/c1-16(10-13-4-3-7-18-13)9-11-8-12(17-2)5-6-14(11)15/h5-6,8,13H,3-4,7,9-10,15H2,1-2H3. The van der Waals surface area contributed by atoms with Crippen LogP contribution in [0.5, 0.6) is 5.75 Å². The normalized spacial score (nSPS) is 19.4. The average molecular weight is 250 g/mol. The van der Waals surface area contributed by atoms with E-state index in [-0.39, 0.29) is 0 Å². The van der Waals surface area contributed by atoms with E-state index in [0.717, 1.165) is 43.1 Å². The number of nitrogens with two attached hydrogens (primary N) is 1. The number of ether oxygens (including phenoxy) is 2. The van der Waals surface area contributed by atoms with E-state index in [1.165, 1.54) is 6.42 Å². The molecule has 2 rings (SSSR count). The monoisotopic (exact) mass is 250 g/mol. The summed E-state index contributed by atoms with van der Waals surface area (Å²) < 4.78 is 10.9. The second-order valence-corrected chi connectivity index (χ2v) is 4.90. The van der Waals surface area contributed by atoms with Crippen LogP contribution in [0.1, 0.15) is 18.4 Å². The van der Waals surface area contributed by atoms with Gasteiger partial charge in [-0.3, -0.25) is 4.90 Å². The molecular weight excluding hydrogens is 228 g/mol. The highest BCUT2D eigenvalue weighted by Gasteiger charge is 2.17. The maximum atomic E-state index is 5.99. The Morgan fingerprint density at radius 3 is 3.00 bits per heavy atom. The van der Waals surface area contributed by atoms with Crippen molar-refractivity contribution in [2.75, 3.05) is 33.0 Å². The molecule has 100 valence electrons. The van der Waals surface area contributed by atoms with Gasteiger partial charge in [-0.1, -0.05) is 0 Å². The molecule has 4 heteroatoms. The van der Waals surface area contributed by atoms with Gasteiger partial charge in [0.25, 0.3) is 0 Å². The summed E-state index contributed by atoms with van der Waals surface area (Å²) in [5, 5.41) is 0. The molecule has 1 fully saturated rings. The minimum atomic E-state index is 0.377. The van der Waals surface area contributed by atoms with Crippen LogP contribution >= 0.6 is 0 Å². The van der Waals surface area contributed by atoms with Gasteiger partial charge in [0, 0.05) is 25.4 Å². The van der Waals surface area contributed by atoms with Crippen LogP contribution in [0.2, 0.25) is 0 Å². The number of methoxy groups -OCH3 is 1. The highest BCUT2D eigenvalue weighted by molar-refractivity contribution is 5.50. The third kappa shape index (κ3) is 3.37. The Morgan fingerprint density at radius 1 is 1.50 bits per heavy atom. The van der Waals surface area contributed by atoms with Crippen LogP contribution < -0.4 is 10.5 Å². The average Bonchev–Trinajstić information content (AvgIpc) is 2.84. The summed E-state index contributed by atoms with van der Waals surface area (Å²) in [7, 11) is 3.77. The van der Waals surface area contributed by atoms with E-state index >= 15 is 0 Å². The molecule has 1 aromatic carbocycles. The highest BCUT2D eigenvalue weighted by Crippen LogP contribution is 2.21. The number of anilines is 1. The third-order valence-corrected chi connectivity index (χ3v) is 3.33. The van der Waals surface area contributed by atoms with Crippen molar-refractivity contribution in [3.05, 3.63) is 23.8 Å². The molecular formula is C14H22N2O2. The second-order valence-electron chi connectivity index (χ2n) is 4.90. The van der Waals surface area contributed by atoms with Crippen molar-refractivity contribution in [3.63, 3.8) is 0 Å². The van der Waals surface area contributed by atoms with Gasteiger partial charge in [-0.15, -0.1) is 0 Å². The van der Waals surface area contributed by atoms with Gasteiger partial charge in [0.2, 0.25) is 0 Å². The molecule has 2 N–H and O–H groups in total. The fourth-order valence-electron chi connectivity index (χ4n) is 2.34. The van der Waals surface area contributed by atoms with Gasteiger partial charge in [-0.25, -0.2) is 0 Å². The van der Waals surface area contributed by atoms with Crippen molar-refractivity contribution in [1.82, 2.24) is 4.90 Å². The maximum absolute atomic E-state index is 5.99. The van der Waals surface area contributed by atoms with Crippen molar-refractivity contribution < 1.29 is 9.47 Å². The van der Waals surface area contributed by atoms with E-state index in [2.05, 4.69) is 11.9 Å². The molecule has 0 spiro atoms. The molecule has 1 aromatic rings. The Kier molecular flexibility index (Phi) is 4.44. The maximum Gasteiger partial charge on any atom is 0.119 e. The zero-order valence-corrected chi connectivity index (χ0v) is 11.2. The molecule has 1 aliphatic heterocycles. The summed E-state index contributed by atoms with van der Waals surface area (Å²) in [5.41, 5.74) is 7.91. The van der Waals surface area contributed by atoms with Crippen LogP contribution in [0.25, 0.3) is 0 Å². The second kappa shape index (κ2) is 6.07. The fraction of sp³-hybridized carbons (Fsp3) is 0.571. The predicted octanol–water partition coefficient (Wildman–Crippen LogP) is 1.89. The minimum Gasteiger partial charge on any atom is -0.497 e. The van der Waals surface area contributed by atoms with Crippen LogP contribution in [0, 0.1) is 0 Å².